The average molecular weight is 358 g/mol. The Hall–Kier alpha value is -1.92. The zero-order valence-electron chi connectivity index (χ0n) is 15.5. The van der Waals surface area contributed by atoms with Gasteiger partial charge in [-0.05, 0) is 69.9 Å². The molecular formula is C20H30N4O2. The second-order valence-corrected chi connectivity index (χ2v) is 7.72. The smallest absolute Gasteiger partial charge is 0.227 e. The zero-order valence-corrected chi connectivity index (χ0v) is 15.5. The van der Waals surface area contributed by atoms with Crippen LogP contribution in [-0.4, -0.2) is 42.4 Å². The molecular weight excluding hydrogens is 328 g/mol. The van der Waals surface area contributed by atoms with Gasteiger partial charge in [0.05, 0.1) is 0 Å². The van der Waals surface area contributed by atoms with Crippen LogP contribution in [0.1, 0.15) is 38.2 Å². The molecule has 1 aromatic carbocycles. The molecule has 1 aromatic rings. The minimum absolute atomic E-state index is 0.0178. The molecule has 3 rings (SSSR count). The number of rotatable bonds is 5. The van der Waals surface area contributed by atoms with Crippen molar-refractivity contribution in [3.8, 4) is 0 Å². The third kappa shape index (κ3) is 5.05. The van der Waals surface area contributed by atoms with Crippen molar-refractivity contribution in [3.05, 3.63) is 29.8 Å². The van der Waals surface area contributed by atoms with Gasteiger partial charge >= 0.3 is 0 Å². The summed E-state index contributed by atoms with van der Waals surface area (Å²) in [6, 6.07) is 8.48. The van der Waals surface area contributed by atoms with E-state index in [-0.39, 0.29) is 23.7 Å². The SMILES string of the molecule is C[C@H]1C[C@@H](C(=O)Nc2cccc(CN3CCC(C(N)=O)CC3)c2)CCN1. The molecule has 0 radical (unpaired) electrons. The second-order valence-electron chi connectivity index (χ2n) is 7.72. The van der Waals surface area contributed by atoms with Crippen molar-refractivity contribution in [1.82, 2.24) is 10.2 Å². The van der Waals surface area contributed by atoms with Crippen molar-refractivity contribution in [3.63, 3.8) is 0 Å². The Kier molecular flexibility index (Phi) is 6.27. The number of benzene rings is 1. The van der Waals surface area contributed by atoms with Gasteiger partial charge in [-0.2, -0.15) is 0 Å². The van der Waals surface area contributed by atoms with E-state index >= 15 is 0 Å². The Balaban J connectivity index is 1.53. The maximum atomic E-state index is 12.5. The maximum absolute atomic E-state index is 12.5. The van der Waals surface area contributed by atoms with Crippen LogP contribution in [0.2, 0.25) is 0 Å². The maximum Gasteiger partial charge on any atom is 0.227 e. The third-order valence-corrected chi connectivity index (χ3v) is 5.59. The lowest BCUT2D eigenvalue weighted by molar-refractivity contribution is -0.123. The van der Waals surface area contributed by atoms with Crippen LogP contribution >= 0.6 is 0 Å². The number of hydrogen-bond acceptors (Lipinski definition) is 4. The molecule has 6 nitrogen and oxygen atoms in total. The molecule has 0 spiro atoms. The van der Waals surface area contributed by atoms with Crippen LogP contribution in [0.25, 0.3) is 0 Å². The van der Waals surface area contributed by atoms with E-state index in [1.807, 2.05) is 12.1 Å². The van der Waals surface area contributed by atoms with Crippen molar-refractivity contribution in [1.29, 1.82) is 0 Å². The van der Waals surface area contributed by atoms with E-state index in [1.165, 1.54) is 5.56 Å². The van der Waals surface area contributed by atoms with E-state index in [9.17, 15) is 9.59 Å². The molecule has 0 bridgehead atoms. The monoisotopic (exact) mass is 358 g/mol. The molecule has 0 saturated carbocycles. The minimum Gasteiger partial charge on any atom is -0.369 e. The molecule has 142 valence electrons. The van der Waals surface area contributed by atoms with E-state index in [4.69, 9.17) is 5.73 Å². The standard InChI is InChI=1S/C20H30N4O2/c1-14-11-17(5-8-22-14)20(26)23-18-4-2-3-15(12-18)13-24-9-6-16(7-10-24)19(21)25/h2-4,12,14,16-17,22H,5-11,13H2,1H3,(H2,21,25)(H,23,26)/t14-,17-/m0/s1. The fourth-order valence-electron chi connectivity index (χ4n) is 4.00. The number of primary amides is 1. The number of carbonyl (C=O) groups is 2. The number of piperidine rings is 2. The average Bonchev–Trinajstić information content (AvgIpc) is 2.62. The van der Waals surface area contributed by atoms with Crippen LogP contribution in [0.3, 0.4) is 0 Å². The van der Waals surface area contributed by atoms with Crippen molar-refractivity contribution >= 4 is 17.5 Å². The highest BCUT2D eigenvalue weighted by atomic mass is 16.2. The van der Waals surface area contributed by atoms with Gasteiger partial charge in [0.25, 0.3) is 0 Å². The van der Waals surface area contributed by atoms with E-state index in [0.29, 0.717) is 6.04 Å². The van der Waals surface area contributed by atoms with Crippen LogP contribution in [0.4, 0.5) is 5.69 Å². The van der Waals surface area contributed by atoms with Crippen molar-refractivity contribution in [2.24, 2.45) is 17.6 Å². The van der Waals surface area contributed by atoms with Crippen molar-refractivity contribution < 1.29 is 9.59 Å². The number of likely N-dealkylation sites (tertiary alicyclic amines) is 1. The third-order valence-electron chi connectivity index (χ3n) is 5.59. The molecule has 6 heteroatoms. The largest absolute Gasteiger partial charge is 0.369 e. The molecule has 2 heterocycles. The van der Waals surface area contributed by atoms with Gasteiger partial charge in [0, 0.05) is 30.1 Å². The summed E-state index contributed by atoms with van der Waals surface area (Å²) >= 11 is 0. The molecule has 2 aliphatic rings. The van der Waals surface area contributed by atoms with E-state index in [2.05, 4.69) is 34.6 Å². The lowest BCUT2D eigenvalue weighted by Gasteiger charge is -2.30. The highest BCUT2D eigenvalue weighted by molar-refractivity contribution is 5.92. The fraction of sp³-hybridized carbons (Fsp3) is 0.600. The number of nitrogens with one attached hydrogen (secondary N) is 2. The normalized spacial score (nSPS) is 25.0. The second kappa shape index (κ2) is 8.64. The fourth-order valence-corrected chi connectivity index (χ4v) is 4.00. The predicted octanol–water partition coefficient (Wildman–Crippen LogP) is 1.71. The summed E-state index contributed by atoms with van der Waals surface area (Å²) < 4.78 is 0. The van der Waals surface area contributed by atoms with E-state index in [0.717, 1.165) is 57.5 Å². The van der Waals surface area contributed by atoms with Crippen molar-refractivity contribution in [2.45, 2.75) is 45.2 Å². The quantitative estimate of drug-likeness (QED) is 0.748. The molecule has 0 aromatic heterocycles. The summed E-state index contributed by atoms with van der Waals surface area (Å²) in [5, 5.41) is 6.47. The van der Waals surface area contributed by atoms with Gasteiger partial charge < -0.3 is 16.4 Å². The topological polar surface area (TPSA) is 87.5 Å². The van der Waals surface area contributed by atoms with Gasteiger partial charge in [0.2, 0.25) is 11.8 Å². The highest BCUT2D eigenvalue weighted by Gasteiger charge is 2.25. The van der Waals surface area contributed by atoms with Crippen molar-refractivity contribution in [2.75, 3.05) is 25.0 Å². The van der Waals surface area contributed by atoms with Gasteiger partial charge in [0.1, 0.15) is 0 Å². The van der Waals surface area contributed by atoms with Crippen LogP contribution in [0.5, 0.6) is 0 Å². The summed E-state index contributed by atoms with van der Waals surface area (Å²) in [6.45, 7) is 5.63. The van der Waals surface area contributed by atoms with Crippen LogP contribution in [0.15, 0.2) is 24.3 Å². The number of hydrogen-bond donors (Lipinski definition) is 3. The summed E-state index contributed by atoms with van der Waals surface area (Å²) in [7, 11) is 0. The first-order valence-corrected chi connectivity index (χ1v) is 9.66. The number of nitrogens with zero attached hydrogens (tertiary/aromatic N) is 1. The van der Waals surface area contributed by atoms with Gasteiger partial charge in [-0.25, -0.2) is 0 Å². The van der Waals surface area contributed by atoms with Gasteiger partial charge in [-0.3, -0.25) is 14.5 Å². The Morgan fingerprint density at radius 3 is 2.69 bits per heavy atom. The molecule has 0 unspecified atom stereocenters. The zero-order chi connectivity index (χ0) is 18.5. The number of anilines is 1. The Morgan fingerprint density at radius 2 is 2.00 bits per heavy atom. The first-order chi connectivity index (χ1) is 12.5. The molecule has 2 aliphatic heterocycles. The first kappa shape index (κ1) is 18.9. The summed E-state index contributed by atoms with van der Waals surface area (Å²) in [4.78, 5) is 26.1. The lowest BCUT2D eigenvalue weighted by Crippen LogP contribution is -2.40. The molecule has 2 atom stereocenters. The van der Waals surface area contributed by atoms with Gasteiger partial charge in [-0.15, -0.1) is 0 Å². The predicted molar refractivity (Wildman–Crippen MR) is 102 cm³/mol. The van der Waals surface area contributed by atoms with Crippen LogP contribution in [0, 0.1) is 11.8 Å². The Bertz CT molecular complexity index is 640. The Morgan fingerprint density at radius 1 is 1.23 bits per heavy atom. The number of carbonyl (C=O) groups excluding carboxylic acids is 2. The summed E-state index contributed by atoms with van der Waals surface area (Å²) in [5.41, 5.74) is 7.45. The Labute approximate surface area is 155 Å². The summed E-state index contributed by atoms with van der Waals surface area (Å²) in [6.07, 6.45) is 3.45. The molecule has 2 fully saturated rings. The molecule has 4 N–H and O–H groups in total. The molecule has 2 saturated heterocycles. The van der Waals surface area contributed by atoms with E-state index in [1.54, 1.807) is 0 Å². The molecule has 0 aliphatic carbocycles. The van der Waals surface area contributed by atoms with Gasteiger partial charge in [-0.1, -0.05) is 12.1 Å². The highest BCUT2D eigenvalue weighted by Crippen LogP contribution is 2.22. The van der Waals surface area contributed by atoms with Crippen LogP contribution in [-0.2, 0) is 16.1 Å². The summed E-state index contributed by atoms with van der Waals surface area (Å²) in [5.74, 6) is 0.0475. The minimum atomic E-state index is -0.179. The first-order valence-electron chi connectivity index (χ1n) is 9.66. The van der Waals surface area contributed by atoms with E-state index < -0.39 is 0 Å². The van der Waals surface area contributed by atoms with Crippen LogP contribution < -0.4 is 16.4 Å². The number of amides is 2. The molecule has 26 heavy (non-hydrogen) atoms. The number of nitrogens with two attached hydrogens (primary N) is 1. The van der Waals surface area contributed by atoms with Gasteiger partial charge in [0.15, 0.2) is 0 Å². The lowest BCUT2D eigenvalue weighted by atomic mass is 9.92. The molecule has 2 amide bonds.